The topological polar surface area (TPSA) is 84.5 Å². The van der Waals surface area contributed by atoms with Gasteiger partial charge in [0.05, 0.1) is 10.6 Å². The zero-order valence-corrected chi connectivity index (χ0v) is 21.6. The van der Waals surface area contributed by atoms with Crippen molar-refractivity contribution in [1.29, 1.82) is 0 Å². The van der Waals surface area contributed by atoms with Crippen molar-refractivity contribution in [1.82, 2.24) is 0 Å². The highest BCUT2D eigenvalue weighted by atomic mass is 32.2. The van der Waals surface area contributed by atoms with Gasteiger partial charge in [0.15, 0.2) is 6.10 Å². The van der Waals surface area contributed by atoms with E-state index in [0.29, 0.717) is 17.1 Å². The van der Waals surface area contributed by atoms with Gasteiger partial charge in [-0.2, -0.15) is 0 Å². The smallest absolute Gasteiger partial charge is 0.265 e. The summed E-state index contributed by atoms with van der Waals surface area (Å²) in [5, 5.41) is 4.53. The number of ether oxygens (including phenoxy) is 1. The zero-order valence-electron chi connectivity index (χ0n) is 20.8. The average molecular weight is 503 g/mol. The molecule has 4 rings (SSSR count). The monoisotopic (exact) mass is 502 g/mol. The van der Waals surface area contributed by atoms with Crippen molar-refractivity contribution >= 4 is 38.1 Å². The maximum atomic E-state index is 13.0. The number of amides is 1. The minimum Gasteiger partial charge on any atom is -0.481 e. The van der Waals surface area contributed by atoms with Crippen LogP contribution in [0.25, 0.3) is 10.8 Å². The highest BCUT2D eigenvalue weighted by molar-refractivity contribution is 7.92. The lowest BCUT2D eigenvalue weighted by Gasteiger charge is -2.20. The summed E-state index contributed by atoms with van der Waals surface area (Å²) >= 11 is 0. The van der Waals surface area contributed by atoms with E-state index in [1.54, 1.807) is 31.2 Å². The Bertz CT molecular complexity index is 1470. The molecule has 1 amide bonds. The van der Waals surface area contributed by atoms with Crippen molar-refractivity contribution in [3.8, 4) is 5.75 Å². The van der Waals surface area contributed by atoms with Crippen molar-refractivity contribution in [3.05, 3.63) is 96.6 Å². The maximum absolute atomic E-state index is 13.0. The molecule has 36 heavy (non-hydrogen) atoms. The lowest BCUT2D eigenvalue weighted by atomic mass is 9.87. The van der Waals surface area contributed by atoms with Gasteiger partial charge < -0.3 is 10.1 Å². The molecule has 4 aromatic rings. The summed E-state index contributed by atoms with van der Waals surface area (Å²) in [5.41, 5.74) is 2.19. The van der Waals surface area contributed by atoms with E-state index >= 15 is 0 Å². The minimum absolute atomic E-state index is 0.0333. The van der Waals surface area contributed by atoms with Crippen LogP contribution in [-0.2, 0) is 20.2 Å². The van der Waals surface area contributed by atoms with E-state index in [4.69, 9.17) is 4.74 Å². The third kappa shape index (κ3) is 5.86. The summed E-state index contributed by atoms with van der Waals surface area (Å²) in [6.45, 7) is 8.07. The van der Waals surface area contributed by atoms with Crippen molar-refractivity contribution < 1.29 is 17.9 Å². The first kappa shape index (κ1) is 25.3. The Kier molecular flexibility index (Phi) is 7.04. The van der Waals surface area contributed by atoms with Gasteiger partial charge in [0.25, 0.3) is 15.9 Å². The lowest BCUT2D eigenvalue weighted by molar-refractivity contribution is -0.122. The molecule has 0 aliphatic heterocycles. The maximum Gasteiger partial charge on any atom is 0.265 e. The second-order valence-corrected chi connectivity index (χ2v) is 11.4. The third-order valence-electron chi connectivity index (χ3n) is 5.87. The minimum atomic E-state index is -3.81. The van der Waals surface area contributed by atoms with Crippen LogP contribution in [0.15, 0.2) is 95.9 Å². The number of fused-ring (bicyclic) bond motifs is 1. The number of sulfonamides is 1. The largest absolute Gasteiger partial charge is 0.481 e. The molecule has 6 nitrogen and oxygen atoms in total. The van der Waals surface area contributed by atoms with E-state index in [0.717, 1.165) is 10.8 Å². The average Bonchev–Trinajstić information content (AvgIpc) is 2.84. The van der Waals surface area contributed by atoms with Gasteiger partial charge in [0, 0.05) is 11.1 Å². The predicted octanol–water partition coefficient (Wildman–Crippen LogP) is 6.34. The first-order valence-electron chi connectivity index (χ1n) is 11.7. The Labute approximate surface area is 212 Å². The summed E-state index contributed by atoms with van der Waals surface area (Å²) in [6, 6.07) is 26.7. The Morgan fingerprint density at radius 3 is 2.14 bits per heavy atom. The van der Waals surface area contributed by atoms with E-state index in [9.17, 15) is 13.2 Å². The van der Waals surface area contributed by atoms with E-state index in [1.807, 2.05) is 54.6 Å². The molecule has 0 fully saturated rings. The molecule has 4 aromatic carbocycles. The third-order valence-corrected chi connectivity index (χ3v) is 7.25. The molecule has 0 aliphatic rings. The number of anilines is 2. The molecule has 0 unspecified atom stereocenters. The first-order valence-corrected chi connectivity index (χ1v) is 13.2. The van der Waals surface area contributed by atoms with Crippen LogP contribution in [0.1, 0.15) is 33.3 Å². The van der Waals surface area contributed by atoms with E-state index in [2.05, 4.69) is 30.8 Å². The van der Waals surface area contributed by atoms with Gasteiger partial charge in [0.1, 0.15) is 5.75 Å². The summed E-state index contributed by atoms with van der Waals surface area (Å²) in [6.07, 6.45) is -0.734. The molecule has 0 heterocycles. The predicted molar refractivity (Wildman–Crippen MR) is 145 cm³/mol. The second kappa shape index (κ2) is 10.0. The van der Waals surface area contributed by atoms with Crippen LogP contribution < -0.4 is 14.8 Å². The van der Waals surface area contributed by atoms with Crippen molar-refractivity contribution in [3.63, 3.8) is 0 Å². The lowest BCUT2D eigenvalue weighted by Crippen LogP contribution is -2.30. The van der Waals surface area contributed by atoms with E-state index in [-0.39, 0.29) is 16.2 Å². The van der Waals surface area contributed by atoms with Crippen LogP contribution in [0.4, 0.5) is 11.4 Å². The summed E-state index contributed by atoms with van der Waals surface area (Å²) in [5.74, 6) is 0.269. The summed E-state index contributed by atoms with van der Waals surface area (Å²) < 4.78 is 34.4. The number of benzene rings is 4. The van der Waals surface area contributed by atoms with Gasteiger partial charge in [-0.1, -0.05) is 69.3 Å². The molecule has 7 heteroatoms. The van der Waals surface area contributed by atoms with Gasteiger partial charge in [-0.15, -0.1) is 0 Å². The fourth-order valence-corrected chi connectivity index (χ4v) is 4.85. The molecule has 1 atom stereocenters. The molecule has 186 valence electrons. The Balaban J connectivity index is 1.40. The molecule has 0 bridgehead atoms. The Morgan fingerprint density at radius 1 is 0.833 bits per heavy atom. The number of rotatable bonds is 7. The van der Waals surface area contributed by atoms with Crippen LogP contribution >= 0.6 is 0 Å². The van der Waals surface area contributed by atoms with Gasteiger partial charge in [-0.25, -0.2) is 8.42 Å². The van der Waals surface area contributed by atoms with Crippen LogP contribution in [0.2, 0.25) is 0 Å². The van der Waals surface area contributed by atoms with Gasteiger partial charge in [0.2, 0.25) is 0 Å². The second-order valence-electron chi connectivity index (χ2n) is 9.68. The highest BCUT2D eigenvalue weighted by Crippen LogP contribution is 2.27. The quantitative estimate of drug-likeness (QED) is 0.309. The van der Waals surface area contributed by atoms with Crippen LogP contribution in [-0.4, -0.2) is 20.4 Å². The number of carbonyl (C=O) groups excluding carboxylic acids is 1. The molecule has 0 saturated heterocycles. The molecule has 2 N–H and O–H groups in total. The van der Waals surface area contributed by atoms with Crippen LogP contribution in [0.5, 0.6) is 5.75 Å². The van der Waals surface area contributed by atoms with Crippen molar-refractivity contribution in [2.45, 2.75) is 44.1 Å². The number of hydrogen-bond acceptors (Lipinski definition) is 4. The fourth-order valence-electron chi connectivity index (χ4n) is 3.77. The molecule has 0 spiro atoms. The number of carbonyl (C=O) groups is 1. The molecular weight excluding hydrogens is 472 g/mol. The highest BCUT2D eigenvalue weighted by Gasteiger charge is 2.19. The molecule has 0 aromatic heterocycles. The number of nitrogens with one attached hydrogen (secondary N) is 2. The van der Waals surface area contributed by atoms with Gasteiger partial charge >= 0.3 is 0 Å². The van der Waals surface area contributed by atoms with E-state index in [1.165, 1.54) is 17.7 Å². The normalized spacial score (nSPS) is 12.7. The Hall–Kier alpha value is -3.84. The van der Waals surface area contributed by atoms with Gasteiger partial charge in [-0.3, -0.25) is 9.52 Å². The van der Waals surface area contributed by atoms with Crippen molar-refractivity contribution in [2.75, 3.05) is 10.0 Å². The molecule has 0 aliphatic carbocycles. The summed E-state index contributed by atoms with van der Waals surface area (Å²) in [7, 11) is -3.81. The van der Waals surface area contributed by atoms with Crippen LogP contribution in [0.3, 0.4) is 0 Å². The fraction of sp³-hybridized carbons (Fsp3) is 0.207. The molecule has 0 saturated carbocycles. The van der Waals surface area contributed by atoms with E-state index < -0.39 is 16.1 Å². The number of hydrogen-bond donors (Lipinski definition) is 2. The van der Waals surface area contributed by atoms with Crippen LogP contribution in [0, 0.1) is 0 Å². The Morgan fingerprint density at radius 2 is 1.47 bits per heavy atom. The molecular formula is C29H30N2O4S. The molecule has 0 radical (unpaired) electrons. The standard InChI is InChI=1S/C29H30N2O4S/c1-20(35-24-16-12-22(13-17-24)29(2,3)4)28(32)30-23-14-18-25(19-15-23)36(33,34)31-27-11-7-9-21-8-5-6-10-26(21)27/h5-20,31H,1-4H3,(H,30,32)/t20-/m0/s1. The van der Waals surface area contributed by atoms with Gasteiger partial charge in [-0.05, 0) is 65.8 Å². The van der Waals surface area contributed by atoms with Crippen molar-refractivity contribution in [2.24, 2.45) is 0 Å². The zero-order chi connectivity index (χ0) is 25.9. The first-order chi connectivity index (χ1) is 17.0. The summed E-state index contributed by atoms with van der Waals surface area (Å²) in [4.78, 5) is 12.7. The SMILES string of the molecule is C[C@H](Oc1ccc(C(C)(C)C)cc1)C(=O)Nc1ccc(S(=O)(=O)Nc2cccc3ccccc23)cc1.